The van der Waals surface area contributed by atoms with E-state index in [1.807, 2.05) is 12.1 Å². The second kappa shape index (κ2) is 7.72. The van der Waals surface area contributed by atoms with E-state index in [1.54, 1.807) is 35.9 Å². The summed E-state index contributed by atoms with van der Waals surface area (Å²) < 4.78 is 16.3. The first-order valence-electron chi connectivity index (χ1n) is 7.83. The van der Waals surface area contributed by atoms with Gasteiger partial charge in [-0.05, 0) is 47.2 Å². The smallest absolute Gasteiger partial charge is 0.136 e. The van der Waals surface area contributed by atoms with E-state index in [-0.39, 0.29) is 5.82 Å². The highest BCUT2D eigenvalue weighted by atomic mass is 35.5. The number of fused-ring (bicyclic) bond motifs is 1. The topological polar surface area (TPSA) is 64.9 Å². The molecule has 0 spiro atoms. The van der Waals surface area contributed by atoms with Crippen molar-refractivity contribution in [2.24, 2.45) is 11.5 Å². The lowest BCUT2D eigenvalue weighted by Gasteiger charge is -2.11. The molecule has 0 saturated heterocycles. The van der Waals surface area contributed by atoms with Crippen LogP contribution in [0.5, 0.6) is 0 Å². The lowest BCUT2D eigenvalue weighted by atomic mass is 9.97. The number of allylic oxidation sites excluding steroid dienone is 3. The summed E-state index contributed by atoms with van der Waals surface area (Å²) >= 11 is 7.56. The van der Waals surface area contributed by atoms with Crippen molar-refractivity contribution in [3.8, 4) is 11.1 Å². The molecule has 4 N–H and O–H groups in total. The molecule has 0 radical (unpaired) electrons. The molecule has 0 unspecified atom stereocenters. The molecule has 0 atom stereocenters. The molecule has 26 heavy (non-hydrogen) atoms. The van der Waals surface area contributed by atoms with Crippen LogP contribution in [-0.4, -0.2) is 4.98 Å². The molecule has 0 aliphatic carbocycles. The number of rotatable bonds is 5. The molecule has 0 bridgehead atoms. The maximum Gasteiger partial charge on any atom is 0.136 e. The Bertz CT molecular complexity index is 1040. The zero-order valence-electron chi connectivity index (χ0n) is 13.9. The van der Waals surface area contributed by atoms with Gasteiger partial charge in [-0.15, -0.1) is 11.3 Å². The Labute approximate surface area is 160 Å². The third-order valence-electron chi connectivity index (χ3n) is 3.87. The van der Waals surface area contributed by atoms with E-state index in [4.69, 9.17) is 23.1 Å². The minimum absolute atomic E-state index is 0.327. The number of hydrogen-bond acceptors (Lipinski definition) is 4. The van der Waals surface area contributed by atoms with Gasteiger partial charge in [0.05, 0.1) is 15.7 Å². The molecule has 132 valence electrons. The lowest BCUT2D eigenvalue weighted by Crippen LogP contribution is -1.99. The number of nitrogens with two attached hydrogens (primary N) is 2. The molecule has 3 aromatic rings. The Hall–Kier alpha value is -2.63. The van der Waals surface area contributed by atoms with Crippen LogP contribution in [0, 0.1) is 5.82 Å². The van der Waals surface area contributed by atoms with Crippen LogP contribution < -0.4 is 11.5 Å². The van der Waals surface area contributed by atoms with Crippen molar-refractivity contribution < 1.29 is 4.39 Å². The first-order valence-corrected chi connectivity index (χ1v) is 9.09. The maximum absolute atomic E-state index is 15.4. The minimum Gasteiger partial charge on any atom is -0.404 e. The fourth-order valence-electron chi connectivity index (χ4n) is 2.67. The van der Waals surface area contributed by atoms with E-state index in [2.05, 4.69) is 11.6 Å². The Kier molecular flexibility index (Phi) is 5.40. The molecule has 1 heterocycles. The summed E-state index contributed by atoms with van der Waals surface area (Å²) in [5.74, 6) is -0.329. The van der Waals surface area contributed by atoms with Gasteiger partial charge in [-0.3, -0.25) is 0 Å². The predicted octanol–water partition coefficient (Wildman–Crippen LogP) is 5.17. The summed E-state index contributed by atoms with van der Waals surface area (Å²) in [5, 5.41) is 0.544. The van der Waals surface area contributed by atoms with Gasteiger partial charge in [-0.1, -0.05) is 36.4 Å². The Morgan fingerprint density at radius 3 is 2.81 bits per heavy atom. The molecule has 3 rings (SSSR count). The summed E-state index contributed by atoms with van der Waals surface area (Å²) in [6.45, 7) is 3.61. The van der Waals surface area contributed by atoms with Crippen molar-refractivity contribution in [1.82, 2.24) is 4.98 Å². The number of thiazole rings is 1. The van der Waals surface area contributed by atoms with E-state index >= 15 is 4.39 Å². The average Bonchev–Trinajstić information content (AvgIpc) is 3.06. The zero-order chi connectivity index (χ0) is 18.7. The second-order valence-corrected chi connectivity index (χ2v) is 7.08. The number of hydrogen-bond donors (Lipinski definition) is 2. The molecule has 1 aromatic heterocycles. The molecule has 3 nitrogen and oxygen atoms in total. The molecular weight excluding hydrogens is 369 g/mol. The summed E-state index contributed by atoms with van der Waals surface area (Å²) in [5.41, 5.74) is 16.4. The minimum atomic E-state index is -0.329. The van der Waals surface area contributed by atoms with Crippen LogP contribution in [0.4, 0.5) is 4.39 Å². The van der Waals surface area contributed by atoms with Crippen molar-refractivity contribution in [3.05, 3.63) is 88.4 Å². The van der Waals surface area contributed by atoms with E-state index in [0.29, 0.717) is 39.3 Å². The van der Waals surface area contributed by atoms with Crippen LogP contribution in [-0.2, 0) is 6.42 Å². The van der Waals surface area contributed by atoms with E-state index in [1.165, 1.54) is 17.5 Å². The Morgan fingerprint density at radius 1 is 1.31 bits per heavy atom. The van der Waals surface area contributed by atoms with Gasteiger partial charge in [0, 0.05) is 22.7 Å². The zero-order valence-corrected chi connectivity index (χ0v) is 15.4. The molecular formula is C20H17ClFN3S. The SMILES string of the molecule is C=C(N)/C=C\C(=C/N)Cc1cc2scnc2c(-c2cccc(Cl)c2)c1F. The van der Waals surface area contributed by atoms with Gasteiger partial charge in [0.2, 0.25) is 0 Å². The van der Waals surface area contributed by atoms with Crippen LogP contribution in [0.1, 0.15) is 5.56 Å². The van der Waals surface area contributed by atoms with Gasteiger partial charge in [0.1, 0.15) is 5.82 Å². The number of benzene rings is 2. The summed E-state index contributed by atoms with van der Waals surface area (Å²) in [6.07, 6.45) is 5.14. The first-order chi connectivity index (χ1) is 12.5. The van der Waals surface area contributed by atoms with Gasteiger partial charge < -0.3 is 11.5 Å². The monoisotopic (exact) mass is 385 g/mol. The van der Waals surface area contributed by atoms with Crippen molar-refractivity contribution in [2.45, 2.75) is 6.42 Å². The van der Waals surface area contributed by atoms with Crippen molar-refractivity contribution >= 4 is 33.2 Å². The van der Waals surface area contributed by atoms with Gasteiger partial charge in [0.15, 0.2) is 0 Å². The van der Waals surface area contributed by atoms with Gasteiger partial charge in [0.25, 0.3) is 0 Å². The maximum atomic E-state index is 15.4. The summed E-state index contributed by atoms with van der Waals surface area (Å²) in [4.78, 5) is 4.34. The van der Waals surface area contributed by atoms with Crippen LogP contribution in [0.2, 0.25) is 5.02 Å². The van der Waals surface area contributed by atoms with Crippen molar-refractivity contribution in [1.29, 1.82) is 0 Å². The fourth-order valence-corrected chi connectivity index (χ4v) is 3.61. The van der Waals surface area contributed by atoms with Crippen LogP contribution in [0.25, 0.3) is 21.3 Å². The van der Waals surface area contributed by atoms with Crippen molar-refractivity contribution in [2.75, 3.05) is 0 Å². The largest absolute Gasteiger partial charge is 0.404 e. The number of nitrogens with zero attached hydrogens (tertiary/aromatic N) is 1. The Morgan fingerprint density at radius 2 is 2.12 bits per heavy atom. The molecule has 0 amide bonds. The van der Waals surface area contributed by atoms with Crippen LogP contribution in [0.3, 0.4) is 0 Å². The normalized spacial score (nSPS) is 12.2. The molecule has 0 aliphatic rings. The van der Waals surface area contributed by atoms with E-state index in [0.717, 1.165) is 10.3 Å². The van der Waals surface area contributed by atoms with Crippen LogP contribution >= 0.6 is 22.9 Å². The predicted molar refractivity (Wildman–Crippen MR) is 108 cm³/mol. The highest BCUT2D eigenvalue weighted by Gasteiger charge is 2.18. The molecule has 0 saturated carbocycles. The molecule has 6 heteroatoms. The number of halogens is 2. The second-order valence-electron chi connectivity index (χ2n) is 5.76. The summed E-state index contributed by atoms with van der Waals surface area (Å²) in [6, 6.07) is 8.92. The standard InChI is InChI=1S/C20H17ClFN3S/c1-12(24)5-6-13(10-23)7-15-9-17-20(25-11-26-17)18(19(15)22)14-3-2-4-16(21)8-14/h2-6,8-11H,1,7,23-24H2/b6-5-,13-10+. The van der Waals surface area contributed by atoms with Gasteiger partial charge in [-0.25, -0.2) is 9.37 Å². The third-order valence-corrected chi connectivity index (χ3v) is 4.88. The first kappa shape index (κ1) is 18.2. The van der Waals surface area contributed by atoms with Gasteiger partial charge >= 0.3 is 0 Å². The molecule has 0 aliphatic heterocycles. The molecule has 0 fully saturated rings. The quantitative estimate of drug-likeness (QED) is 0.595. The highest BCUT2D eigenvalue weighted by Crippen LogP contribution is 2.36. The third kappa shape index (κ3) is 3.79. The average molecular weight is 386 g/mol. The van der Waals surface area contributed by atoms with E-state index in [9.17, 15) is 0 Å². The van der Waals surface area contributed by atoms with Crippen molar-refractivity contribution in [3.63, 3.8) is 0 Å². The fraction of sp³-hybridized carbons (Fsp3) is 0.0500. The van der Waals surface area contributed by atoms with Crippen LogP contribution in [0.15, 0.2) is 72.0 Å². The van der Waals surface area contributed by atoms with Gasteiger partial charge in [-0.2, -0.15) is 0 Å². The lowest BCUT2D eigenvalue weighted by molar-refractivity contribution is 0.619. The molecule has 2 aromatic carbocycles. The number of aromatic nitrogens is 1. The van der Waals surface area contributed by atoms with E-state index < -0.39 is 0 Å². The summed E-state index contributed by atoms with van der Waals surface area (Å²) in [7, 11) is 0. The highest BCUT2D eigenvalue weighted by molar-refractivity contribution is 7.16. The Balaban J connectivity index is 2.13.